The molecule has 2 heterocycles. The molecule has 2 aliphatic heterocycles. The summed E-state index contributed by atoms with van der Waals surface area (Å²) >= 11 is 6.44. The molecule has 4 rings (SSSR count). The molecule has 7 heteroatoms. The van der Waals surface area contributed by atoms with Gasteiger partial charge in [-0.25, -0.2) is 0 Å². The molecule has 29 heavy (non-hydrogen) atoms. The van der Waals surface area contributed by atoms with Gasteiger partial charge in [0.05, 0.1) is 23.7 Å². The molecule has 1 unspecified atom stereocenters. The summed E-state index contributed by atoms with van der Waals surface area (Å²) in [7, 11) is 1.60. The second-order valence-corrected chi connectivity index (χ2v) is 7.86. The lowest BCUT2D eigenvalue weighted by Crippen LogP contribution is -2.28. The van der Waals surface area contributed by atoms with Gasteiger partial charge in [0, 0.05) is 37.4 Å². The van der Waals surface area contributed by atoms with Crippen molar-refractivity contribution in [2.45, 2.75) is 19.3 Å². The molecule has 2 amide bonds. The standard InChI is InChI=1S/C22H24ClN3O3/c1-29-18-7-5-17(6-8-18)26-14-15(12-21(26)27)22(28)24-16-4-9-20(19(23)13-16)25-10-2-3-11-25/h4-9,13,15H,2-3,10-12,14H2,1H3,(H,24,28). The van der Waals surface area contributed by atoms with Crippen LogP contribution in [-0.2, 0) is 9.59 Å². The minimum Gasteiger partial charge on any atom is -0.497 e. The van der Waals surface area contributed by atoms with E-state index in [0.717, 1.165) is 30.2 Å². The Morgan fingerprint density at radius 3 is 2.52 bits per heavy atom. The minimum absolute atomic E-state index is 0.0577. The Morgan fingerprint density at radius 2 is 1.86 bits per heavy atom. The molecule has 0 bridgehead atoms. The van der Waals surface area contributed by atoms with E-state index in [1.165, 1.54) is 12.8 Å². The molecule has 2 aliphatic rings. The molecule has 0 aromatic heterocycles. The van der Waals surface area contributed by atoms with Crippen LogP contribution in [0, 0.1) is 5.92 Å². The maximum absolute atomic E-state index is 12.7. The van der Waals surface area contributed by atoms with E-state index in [0.29, 0.717) is 17.3 Å². The molecule has 1 atom stereocenters. The van der Waals surface area contributed by atoms with Crippen molar-refractivity contribution in [2.24, 2.45) is 5.92 Å². The predicted octanol–water partition coefficient (Wildman–Crippen LogP) is 3.94. The van der Waals surface area contributed by atoms with E-state index in [1.807, 2.05) is 24.3 Å². The van der Waals surface area contributed by atoms with Crippen LogP contribution in [0.2, 0.25) is 5.02 Å². The fraction of sp³-hybridized carbons (Fsp3) is 0.364. The Bertz CT molecular complexity index is 910. The largest absolute Gasteiger partial charge is 0.497 e. The van der Waals surface area contributed by atoms with Gasteiger partial charge in [0.25, 0.3) is 0 Å². The Morgan fingerprint density at radius 1 is 1.14 bits per heavy atom. The van der Waals surface area contributed by atoms with Gasteiger partial charge in [0.2, 0.25) is 11.8 Å². The van der Waals surface area contributed by atoms with E-state index in [-0.39, 0.29) is 18.2 Å². The summed E-state index contributed by atoms with van der Waals surface area (Å²) in [6, 6.07) is 12.9. The van der Waals surface area contributed by atoms with Crippen LogP contribution in [0.5, 0.6) is 5.75 Å². The zero-order chi connectivity index (χ0) is 20.4. The normalized spacial score (nSPS) is 19.0. The van der Waals surface area contributed by atoms with E-state index in [1.54, 1.807) is 30.2 Å². The number of halogens is 1. The number of methoxy groups -OCH3 is 1. The Labute approximate surface area is 175 Å². The Hall–Kier alpha value is -2.73. The molecule has 0 aliphatic carbocycles. The summed E-state index contributed by atoms with van der Waals surface area (Å²) < 4.78 is 5.15. The lowest BCUT2D eigenvalue weighted by atomic mass is 10.1. The third kappa shape index (κ3) is 4.17. The highest BCUT2D eigenvalue weighted by molar-refractivity contribution is 6.33. The van der Waals surface area contributed by atoms with Gasteiger partial charge in [-0.15, -0.1) is 0 Å². The van der Waals surface area contributed by atoms with Crippen molar-refractivity contribution in [3.63, 3.8) is 0 Å². The summed E-state index contributed by atoms with van der Waals surface area (Å²) in [6.07, 6.45) is 2.54. The number of nitrogens with one attached hydrogen (secondary N) is 1. The van der Waals surface area contributed by atoms with Crippen LogP contribution < -0.4 is 19.9 Å². The smallest absolute Gasteiger partial charge is 0.229 e. The lowest BCUT2D eigenvalue weighted by molar-refractivity contribution is -0.122. The molecule has 1 N–H and O–H groups in total. The Kier molecular flexibility index (Phi) is 5.62. The van der Waals surface area contributed by atoms with Crippen LogP contribution in [0.1, 0.15) is 19.3 Å². The molecule has 2 saturated heterocycles. The molecule has 0 spiro atoms. The number of benzene rings is 2. The van der Waals surface area contributed by atoms with Crippen LogP contribution in [0.4, 0.5) is 17.1 Å². The maximum atomic E-state index is 12.7. The maximum Gasteiger partial charge on any atom is 0.229 e. The van der Waals surface area contributed by atoms with E-state index in [2.05, 4.69) is 10.2 Å². The third-order valence-electron chi connectivity index (χ3n) is 5.54. The van der Waals surface area contributed by atoms with Gasteiger partial charge in [-0.05, 0) is 55.3 Å². The quantitative estimate of drug-likeness (QED) is 0.806. The number of hydrogen-bond donors (Lipinski definition) is 1. The molecule has 152 valence electrons. The lowest BCUT2D eigenvalue weighted by Gasteiger charge is -2.20. The van der Waals surface area contributed by atoms with Crippen molar-refractivity contribution >= 4 is 40.5 Å². The van der Waals surface area contributed by atoms with Crippen LogP contribution in [0.3, 0.4) is 0 Å². The van der Waals surface area contributed by atoms with Crippen LogP contribution >= 0.6 is 11.6 Å². The van der Waals surface area contributed by atoms with Crippen molar-refractivity contribution in [3.8, 4) is 5.75 Å². The molecule has 2 fully saturated rings. The number of nitrogens with zero attached hydrogens (tertiary/aromatic N) is 2. The molecule has 2 aromatic carbocycles. The van der Waals surface area contributed by atoms with Gasteiger partial charge in [0.15, 0.2) is 0 Å². The SMILES string of the molecule is COc1ccc(N2CC(C(=O)Nc3ccc(N4CCCC4)c(Cl)c3)CC2=O)cc1. The van der Waals surface area contributed by atoms with Crippen LogP contribution in [0.25, 0.3) is 0 Å². The van der Waals surface area contributed by atoms with E-state index < -0.39 is 5.92 Å². The monoisotopic (exact) mass is 413 g/mol. The molecule has 0 radical (unpaired) electrons. The first-order valence-electron chi connectivity index (χ1n) is 9.85. The van der Waals surface area contributed by atoms with Gasteiger partial charge < -0.3 is 19.9 Å². The summed E-state index contributed by atoms with van der Waals surface area (Å²) in [5, 5.41) is 3.54. The van der Waals surface area contributed by atoms with E-state index in [4.69, 9.17) is 16.3 Å². The van der Waals surface area contributed by atoms with E-state index in [9.17, 15) is 9.59 Å². The highest BCUT2D eigenvalue weighted by atomic mass is 35.5. The summed E-state index contributed by atoms with van der Waals surface area (Å²) in [6.45, 7) is 2.38. The van der Waals surface area contributed by atoms with Crippen molar-refractivity contribution < 1.29 is 14.3 Å². The molecule has 2 aromatic rings. The number of rotatable bonds is 5. The van der Waals surface area contributed by atoms with Gasteiger partial charge in [-0.3, -0.25) is 9.59 Å². The molecule has 0 saturated carbocycles. The summed E-state index contributed by atoms with van der Waals surface area (Å²) in [4.78, 5) is 29.1. The third-order valence-corrected chi connectivity index (χ3v) is 5.84. The van der Waals surface area contributed by atoms with Crippen molar-refractivity contribution in [1.29, 1.82) is 0 Å². The molecular formula is C22H24ClN3O3. The average molecular weight is 414 g/mol. The minimum atomic E-state index is -0.401. The fourth-order valence-corrected chi connectivity index (χ4v) is 4.24. The zero-order valence-electron chi connectivity index (χ0n) is 16.4. The first-order valence-corrected chi connectivity index (χ1v) is 10.2. The second-order valence-electron chi connectivity index (χ2n) is 7.45. The van der Waals surface area contributed by atoms with Crippen LogP contribution in [0.15, 0.2) is 42.5 Å². The van der Waals surface area contributed by atoms with E-state index >= 15 is 0 Å². The molecule has 6 nitrogen and oxygen atoms in total. The average Bonchev–Trinajstić information content (AvgIpc) is 3.38. The van der Waals surface area contributed by atoms with Gasteiger partial charge in [0.1, 0.15) is 5.75 Å². The van der Waals surface area contributed by atoms with Crippen molar-refractivity contribution in [1.82, 2.24) is 0 Å². The number of ether oxygens (including phenoxy) is 1. The summed E-state index contributed by atoms with van der Waals surface area (Å²) in [5.41, 5.74) is 2.42. The van der Waals surface area contributed by atoms with Crippen molar-refractivity contribution in [3.05, 3.63) is 47.5 Å². The molecular weight excluding hydrogens is 390 g/mol. The van der Waals surface area contributed by atoms with Gasteiger partial charge in [-0.1, -0.05) is 11.6 Å². The number of hydrogen-bond acceptors (Lipinski definition) is 4. The topological polar surface area (TPSA) is 61.9 Å². The zero-order valence-corrected chi connectivity index (χ0v) is 17.1. The van der Waals surface area contributed by atoms with Crippen molar-refractivity contribution in [2.75, 3.05) is 41.9 Å². The summed E-state index contributed by atoms with van der Waals surface area (Å²) in [5.74, 6) is 0.0997. The van der Waals surface area contributed by atoms with Gasteiger partial charge in [-0.2, -0.15) is 0 Å². The predicted molar refractivity (Wildman–Crippen MR) is 115 cm³/mol. The highest BCUT2D eigenvalue weighted by Crippen LogP contribution is 2.32. The van der Waals surface area contributed by atoms with Gasteiger partial charge >= 0.3 is 0 Å². The first-order chi connectivity index (χ1) is 14.0. The van der Waals surface area contributed by atoms with Crippen LogP contribution in [-0.4, -0.2) is 38.6 Å². The second kappa shape index (κ2) is 8.33. The number of carbonyl (C=O) groups is 2. The number of amides is 2. The first kappa shape index (κ1) is 19.6. The highest BCUT2D eigenvalue weighted by Gasteiger charge is 2.35. The number of anilines is 3. The number of carbonyl (C=O) groups excluding carboxylic acids is 2. The fourth-order valence-electron chi connectivity index (χ4n) is 3.94. The Balaban J connectivity index is 1.41.